The van der Waals surface area contributed by atoms with Gasteiger partial charge >= 0.3 is 0 Å². The van der Waals surface area contributed by atoms with Crippen LogP contribution in [0.5, 0.6) is 5.75 Å². The van der Waals surface area contributed by atoms with Crippen LogP contribution in [0.3, 0.4) is 0 Å². The van der Waals surface area contributed by atoms with Crippen molar-refractivity contribution in [2.45, 2.75) is 6.54 Å². The molecule has 3 heterocycles. The molecule has 1 saturated heterocycles. The maximum Gasteiger partial charge on any atom is 0.240 e. The molecule has 0 aliphatic carbocycles. The Morgan fingerprint density at radius 3 is 2.52 bits per heavy atom. The van der Waals surface area contributed by atoms with E-state index in [4.69, 9.17) is 10.5 Å². The van der Waals surface area contributed by atoms with Crippen molar-refractivity contribution in [2.24, 2.45) is 0 Å². The first-order valence-electron chi connectivity index (χ1n) is 8.45. The summed E-state index contributed by atoms with van der Waals surface area (Å²) in [5, 5.41) is 4.33. The van der Waals surface area contributed by atoms with Gasteiger partial charge in [-0.25, -0.2) is 0 Å². The molecule has 130 valence electrons. The van der Waals surface area contributed by atoms with Crippen molar-refractivity contribution in [3.05, 3.63) is 48.0 Å². The summed E-state index contributed by atoms with van der Waals surface area (Å²) in [5.41, 5.74) is 7.81. The zero-order valence-electron chi connectivity index (χ0n) is 14.3. The van der Waals surface area contributed by atoms with E-state index in [-0.39, 0.29) is 5.95 Å². The molecule has 25 heavy (non-hydrogen) atoms. The average Bonchev–Trinajstić information content (AvgIpc) is 3.04. The molecule has 0 amide bonds. The Morgan fingerprint density at radius 2 is 1.80 bits per heavy atom. The third-order valence-electron chi connectivity index (χ3n) is 4.61. The summed E-state index contributed by atoms with van der Waals surface area (Å²) in [7, 11) is 1.63. The number of aromatic nitrogens is 3. The Morgan fingerprint density at radius 1 is 1.04 bits per heavy atom. The van der Waals surface area contributed by atoms with Crippen LogP contribution in [0.2, 0.25) is 0 Å². The summed E-state index contributed by atoms with van der Waals surface area (Å²) in [6.45, 7) is 4.88. The Bertz CT molecular complexity index is 855. The second-order valence-electron chi connectivity index (χ2n) is 6.21. The molecule has 0 atom stereocenters. The number of nitrogens with zero attached hydrogens (tertiary/aromatic N) is 5. The SMILES string of the molecule is COc1ccc(N2CCN(Cc3ccccc3)CC2)n2nc(N)nc12. The smallest absolute Gasteiger partial charge is 0.240 e. The van der Waals surface area contributed by atoms with Crippen molar-refractivity contribution in [1.29, 1.82) is 0 Å². The monoisotopic (exact) mass is 338 g/mol. The van der Waals surface area contributed by atoms with Crippen LogP contribution in [-0.2, 0) is 6.54 Å². The number of nitrogen functional groups attached to an aromatic ring is 1. The second-order valence-corrected chi connectivity index (χ2v) is 6.21. The van der Waals surface area contributed by atoms with Gasteiger partial charge in [-0.2, -0.15) is 9.50 Å². The fraction of sp³-hybridized carbons (Fsp3) is 0.333. The lowest BCUT2D eigenvalue weighted by molar-refractivity contribution is 0.249. The molecule has 1 fully saturated rings. The van der Waals surface area contributed by atoms with Crippen LogP contribution in [0, 0.1) is 0 Å². The van der Waals surface area contributed by atoms with Gasteiger partial charge in [0.1, 0.15) is 5.82 Å². The Hall–Kier alpha value is -2.80. The van der Waals surface area contributed by atoms with Crippen molar-refractivity contribution in [3.63, 3.8) is 0 Å². The summed E-state index contributed by atoms with van der Waals surface area (Å²) < 4.78 is 7.14. The minimum atomic E-state index is 0.258. The van der Waals surface area contributed by atoms with Gasteiger partial charge in [-0.1, -0.05) is 30.3 Å². The molecule has 1 aliphatic rings. The molecule has 3 aromatic rings. The highest BCUT2D eigenvalue weighted by Gasteiger charge is 2.21. The van der Waals surface area contributed by atoms with Gasteiger partial charge in [0, 0.05) is 32.7 Å². The standard InChI is InChI=1S/C18H22N6O/c1-25-15-7-8-16(24-17(15)20-18(19)21-24)23-11-9-22(10-12-23)13-14-5-3-2-4-6-14/h2-8H,9-13H2,1H3,(H2,19,21). The highest BCUT2D eigenvalue weighted by molar-refractivity contribution is 5.61. The number of benzene rings is 1. The minimum absolute atomic E-state index is 0.258. The summed E-state index contributed by atoms with van der Waals surface area (Å²) in [6, 6.07) is 14.5. The molecule has 1 aromatic carbocycles. The van der Waals surface area contributed by atoms with E-state index in [9.17, 15) is 0 Å². The Balaban J connectivity index is 1.50. The van der Waals surface area contributed by atoms with E-state index in [0.29, 0.717) is 11.4 Å². The lowest BCUT2D eigenvalue weighted by Crippen LogP contribution is -2.46. The maximum absolute atomic E-state index is 5.80. The molecule has 1 aliphatic heterocycles. The van der Waals surface area contributed by atoms with Crippen LogP contribution in [0.4, 0.5) is 11.8 Å². The Kier molecular flexibility index (Phi) is 4.15. The van der Waals surface area contributed by atoms with E-state index >= 15 is 0 Å². The van der Waals surface area contributed by atoms with Crippen LogP contribution >= 0.6 is 0 Å². The van der Waals surface area contributed by atoms with Crippen LogP contribution in [0.15, 0.2) is 42.5 Å². The molecule has 0 unspecified atom stereocenters. The van der Waals surface area contributed by atoms with Crippen molar-refractivity contribution < 1.29 is 4.74 Å². The number of rotatable bonds is 4. The molecule has 7 nitrogen and oxygen atoms in total. The molecular formula is C18H22N6O. The number of hydrogen-bond donors (Lipinski definition) is 1. The number of anilines is 2. The van der Waals surface area contributed by atoms with Crippen molar-refractivity contribution in [2.75, 3.05) is 43.9 Å². The highest BCUT2D eigenvalue weighted by atomic mass is 16.5. The van der Waals surface area contributed by atoms with Crippen molar-refractivity contribution >= 4 is 17.4 Å². The lowest BCUT2D eigenvalue weighted by Gasteiger charge is -2.36. The number of piperazine rings is 1. The fourth-order valence-electron chi connectivity index (χ4n) is 3.32. The van der Waals surface area contributed by atoms with Gasteiger partial charge in [-0.15, -0.1) is 5.10 Å². The molecule has 2 N–H and O–H groups in total. The molecule has 4 rings (SSSR count). The first-order chi connectivity index (χ1) is 12.2. The van der Waals surface area contributed by atoms with Crippen molar-refractivity contribution in [3.8, 4) is 5.75 Å². The molecule has 2 aromatic heterocycles. The predicted octanol–water partition coefficient (Wildman–Crippen LogP) is 1.64. The summed E-state index contributed by atoms with van der Waals surface area (Å²) in [4.78, 5) is 9.07. The number of pyridine rings is 1. The van der Waals surface area contributed by atoms with E-state index in [2.05, 4.69) is 50.2 Å². The van der Waals surface area contributed by atoms with Gasteiger partial charge in [0.25, 0.3) is 0 Å². The van der Waals surface area contributed by atoms with Crippen LogP contribution < -0.4 is 15.4 Å². The number of nitrogens with two attached hydrogens (primary N) is 1. The first-order valence-corrected chi connectivity index (χ1v) is 8.45. The van der Waals surface area contributed by atoms with E-state index in [1.54, 1.807) is 11.6 Å². The van der Waals surface area contributed by atoms with Gasteiger partial charge < -0.3 is 15.4 Å². The maximum atomic E-state index is 5.80. The highest BCUT2D eigenvalue weighted by Crippen LogP contribution is 2.25. The third kappa shape index (κ3) is 3.10. The molecule has 0 radical (unpaired) electrons. The van der Waals surface area contributed by atoms with Crippen LogP contribution in [0.1, 0.15) is 5.56 Å². The van der Waals surface area contributed by atoms with Gasteiger partial charge in [0.05, 0.1) is 7.11 Å². The van der Waals surface area contributed by atoms with Gasteiger partial charge in [-0.05, 0) is 17.7 Å². The molecule has 0 spiro atoms. The Labute approximate surface area is 146 Å². The molecule has 7 heteroatoms. The number of fused-ring (bicyclic) bond motifs is 1. The third-order valence-corrected chi connectivity index (χ3v) is 4.61. The minimum Gasteiger partial charge on any atom is -0.493 e. The zero-order chi connectivity index (χ0) is 17.2. The summed E-state index contributed by atoms with van der Waals surface area (Å²) in [6.07, 6.45) is 0. The lowest BCUT2D eigenvalue weighted by atomic mass is 10.2. The zero-order valence-corrected chi connectivity index (χ0v) is 14.3. The van der Waals surface area contributed by atoms with Crippen molar-refractivity contribution in [1.82, 2.24) is 19.5 Å². The number of hydrogen-bond acceptors (Lipinski definition) is 6. The molecule has 0 saturated carbocycles. The average molecular weight is 338 g/mol. The topological polar surface area (TPSA) is 71.9 Å². The normalized spacial score (nSPS) is 15.6. The quantitative estimate of drug-likeness (QED) is 0.780. The first kappa shape index (κ1) is 15.7. The predicted molar refractivity (Wildman–Crippen MR) is 97.9 cm³/mol. The number of ether oxygens (including phenoxy) is 1. The second kappa shape index (κ2) is 6.60. The van der Waals surface area contributed by atoms with Gasteiger partial charge in [-0.3, -0.25) is 4.90 Å². The summed E-state index contributed by atoms with van der Waals surface area (Å²) >= 11 is 0. The van der Waals surface area contributed by atoms with Crippen LogP contribution in [-0.4, -0.2) is 52.8 Å². The van der Waals surface area contributed by atoms with Crippen LogP contribution in [0.25, 0.3) is 5.65 Å². The molecule has 0 bridgehead atoms. The van der Waals surface area contributed by atoms with E-state index < -0.39 is 0 Å². The van der Waals surface area contributed by atoms with E-state index in [1.807, 2.05) is 12.1 Å². The van der Waals surface area contributed by atoms with Gasteiger partial charge in [0.2, 0.25) is 11.6 Å². The largest absolute Gasteiger partial charge is 0.493 e. The van der Waals surface area contributed by atoms with E-state index in [1.165, 1.54) is 5.56 Å². The fourth-order valence-corrected chi connectivity index (χ4v) is 3.32. The molecular weight excluding hydrogens is 316 g/mol. The van der Waals surface area contributed by atoms with E-state index in [0.717, 1.165) is 38.5 Å². The number of methoxy groups -OCH3 is 1. The van der Waals surface area contributed by atoms with Gasteiger partial charge in [0.15, 0.2) is 5.75 Å². The summed E-state index contributed by atoms with van der Waals surface area (Å²) in [5.74, 6) is 1.93.